The van der Waals surface area contributed by atoms with Gasteiger partial charge in [-0.15, -0.1) is 0 Å². The molecule has 1 saturated heterocycles. The third-order valence-corrected chi connectivity index (χ3v) is 5.69. The van der Waals surface area contributed by atoms with Crippen LogP contribution in [0.25, 0.3) is 5.69 Å². The third kappa shape index (κ3) is 4.32. The van der Waals surface area contributed by atoms with Crippen molar-refractivity contribution in [2.24, 2.45) is 0 Å². The van der Waals surface area contributed by atoms with Crippen molar-refractivity contribution in [2.45, 2.75) is 38.8 Å². The molecule has 1 aliphatic heterocycles. The fourth-order valence-corrected chi connectivity index (χ4v) is 4.24. The van der Waals surface area contributed by atoms with E-state index >= 15 is 0 Å². The Bertz CT molecular complexity index is 889. The van der Waals surface area contributed by atoms with E-state index in [1.807, 2.05) is 35.9 Å². The maximum absolute atomic E-state index is 13.2. The van der Waals surface area contributed by atoms with Gasteiger partial charge in [0.2, 0.25) is 0 Å². The van der Waals surface area contributed by atoms with Crippen molar-refractivity contribution in [1.82, 2.24) is 19.6 Å². The van der Waals surface area contributed by atoms with Crippen molar-refractivity contribution in [3.05, 3.63) is 46.8 Å². The van der Waals surface area contributed by atoms with Gasteiger partial charge in [-0.2, -0.15) is 18.3 Å². The molecule has 0 radical (unpaired) electrons. The number of hydrogen-bond donors (Lipinski definition) is 0. The van der Waals surface area contributed by atoms with Gasteiger partial charge in [0.25, 0.3) is 5.91 Å². The van der Waals surface area contributed by atoms with Gasteiger partial charge >= 0.3 is 6.18 Å². The summed E-state index contributed by atoms with van der Waals surface area (Å²) in [6.45, 7) is 2.42. The van der Waals surface area contributed by atoms with Crippen LogP contribution in [-0.2, 0) is 12.8 Å². The summed E-state index contributed by atoms with van der Waals surface area (Å²) in [6.07, 6.45) is -1.01. The quantitative estimate of drug-likeness (QED) is 0.785. The highest BCUT2D eigenvalue weighted by atomic mass is 19.4. The van der Waals surface area contributed by atoms with E-state index in [2.05, 4.69) is 5.10 Å². The van der Waals surface area contributed by atoms with E-state index in [4.69, 9.17) is 0 Å². The second-order valence-corrected chi connectivity index (χ2v) is 7.91. The van der Waals surface area contributed by atoms with Gasteiger partial charge in [0.15, 0.2) is 5.69 Å². The summed E-state index contributed by atoms with van der Waals surface area (Å²) in [4.78, 5) is 16.3. The van der Waals surface area contributed by atoms with Crippen molar-refractivity contribution >= 4 is 5.91 Å². The normalized spacial score (nSPS) is 18.0. The molecule has 0 atom stereocenters. The summed E-state index contributed by atoms with van der Waals surface area (Å²) < 4.78 is 40.0. The van der Waals surface area contributed by atoms with Crippen molar-refractivity contribution in [3.63, 3.8) is 0 Å². The predicted octanol–water partition coefficient (Wildman–Crippen LogP) is 3.38. The first-order valence-electron chi connectivity index (χ1n) is 10.1. The minimum atomic E-state index is -4.22. The van der Waals surface area contributed by atoms with Crippen molar-refractivity contribution < 1.29 is 18.0 Å². The summed E-state index contributed by atoms with van der Waals surface area (Å²) in [7, 11) is 0. The molecular formula is C21H25F3N4O. The average molecular weight is 406 g/mol. The summed E-state index contributed by atoms with van der Waals surface area (Å²) in [5, 5.41) is 4.65. The third-order valence-electron chi connectivity index (χ3n) is 5.69. The Kier molecular flexibility index (Phi) is 5.38. The predicted molar refractivity (Wildman–Crippen MR) is 103 cm³/mol. The van der Waals surface area contributed by atoms with Crippen LogP contribution in [0, 0.1) is 6.92 Å². The van der Waals surface area contributed by atoms with Crippen molar-refractivity contribution in [1.29, 1.82) is 0 Å². The number of carbonyl (C=O) groups excluding carboxylic acids is 1. The highest BCUT2D eigenvalue weighted by Gasteiger charge is 2.33. The SMILES string of the molecule is Cc1ccc(-n2nc(C(=O)N3CCCN(CC(F)(F)F)CC3)c3c2CCC3)cc1. The molecule has 1 aromatic heterocycles. The molecule has 1 aromatic carbocycles. The number of rotatable bonds is 3. The Labute approximate surface area is 168 Å². The Morgan fingerprint density at radius 3 is 2.52 bits per heavy atom. The van der Waals surface area contributed by atoms with Gasteiger partial charge in [0.1, 0.15) is 0 Å². The van der Waals surface area contributed by atoms with Crippen molar-refractivity contribution in [2.75, 3.05) is 32.7 Å². The fraction of sp³-hybridized carbons (Fsp3) is 0.524. The lowest BCUT2D eigenvalue weighted by Crippen LogP contribution is -2.38. The minimum Gasteiger partial charge on any atom is -0.336 e. The number of alkyl halides is 3. The zero-order valence-corrected chi connectivity index (χ0v) is 16.5. The zero-order valence-electron chi connectivity index (χ0n) is 16.5. The van der Waals surface area contributed by atoms with Crippen LogP contribution in [0.3, 0.4) is 0 Å². The Morgan fingerprint density at radius 1 is 1.03 bits per heavy atom. The average Bonchev–Trinajstić information content (AvgIpc) is 3.19. The molecule has 2 aliphatic rings. The van der Waals surface area contributed by atoms with Crippen LogP contribution in [0.2, 0.25) is 0 Å². The number of aryl methyl sites for hydroxylation is 1. The molecule has 1 fully saturated rings. The molecule has 0 saturated carbocycles. The topological polar surface area (TPSA) is 41.4 Å². The molecule has 0 bridgehead atoms. The number of benzene rings is 1. The second-order valence-electron chi connectivity index (χ2n) is 7.91. The minimum absolute atomic E-state index is 0.164. The zero-order chi connectivity index (χ0) is 20.6. The lowest BCUT2D eigenvalue weighted by Gasteiger charge is -2.22. The molecule has 29 heavy (non-hydrogen) atoms. The van der Waals surface area contributed by atoms with Crippen molar-refractivity contribution in [3.8, 4) is 5.69 Å². The standard InChI is InChI=1S/C21H25F3N4O/c1-15-6-8-16(9-7-15)28-18-5-2-4-17(18)19(25-28)20(29)27-11-3-10-26(12-13-27)14-21(22,23)24/h6-9H,2-5,10-14H2,1H3. The summed E-state index contributed by atoms with van der Waals surface area (Å²) in [5.41, 5.74) is 4.61. The monoisotopic (exact) mass is 406 g/mol. The number of nitrogens with zero attached hydrogens (tertiary/aromatic N) is 4. The van der Waals surface area contributed by atoms with Crippen LogP contribution in [0.4, 0.5) is 13.2 Å². The Balaban J connectivity index is 1.55. The molecule has 0 N–H and O–H groups in total. The van der Waals surface area contributed by atoms with Gasteiger partial charge < -0.3 is 4.90 Å². The Morgan fingerprint density at radius 2 is 1.79 bits per heavy atom. The number of halogens is 3. The van der Waals surface area contributed by atoms with Gasteiger partial charge in [-0.1, -0.05) is 17.7 Å². The van der Waals surface area contributed by atoms with E-state index in [0.29, 0.717) is 31.7 Å². The number of hydrogen-bond acceptors (Lipinski definition) is 3. The van der Waals surface area contributed by atoms with Gasteiger partial charge in [0.05, 0.1) is 12.2 Å². The van der Waals surface area contributed by atoms with E-state index in [1.54, 1.807) is 4.90 Å². The van der Waals surface area contributed by atoms with Crippen LogP contribution >= 0.6 is 0 Å². The van der Waals surface area contributed by atoms with Gasteiger partial charge in [-0.3, -0.25) is 9.69 Å². The summed E-state index contributed by atoms with van der Waals surface area (Å²) in [5.74, 6) is -0.164. The fourth-order valence-electron chi connectivity index (χ4n) is 4.24. The molecule has 1 amide bonds. The lowest BCUT2D eigenvalue weighted by molar-refractivity contribution is -0.145. The van der Waals surface area contributed by atoms with Gasteiger partial charge in [0, 0.05) is 37.4 Å². The van der Waals surface area contributed by atoms with E-state index in [-0.39, 0.29) is 12.5 Å². The molecule has 0 unspecified atom stereocenters. The molecule has 2 heterocycles. The highest BCUT2D eigenvalue weighted by molar-refractivity contribution is 5.94. The smallest absolute Gasteiger partial charge is 0.336 e. The van der Waals surface area contributed by atoms with E-state index < -0.39 is 12.7 Å². The molecule has 1 aliphatic carbocycles. The van der Waals surface area contributed by atoms with Crippen LogP contribution in [0.5, 0.6) is 0 Å². The second kappa shape index (κ2) is 7.82. The first-order valence-corrected chi connectivity index (χ1v) is 10.1. The Hall–Kier alpha value is -2.35. The molecule has 5 nitrogen and oxygen atoms in total. The number of carbonyl (C=O) groups is 1. The molecule has 156 valence electrons. The molecule has 0 spiro atoms. The first-order chi connectivity index (χ1) is 13.8. The van der Waals surface area contributed by atoms with E-state index in [1.165, 1.54) is 4.90 Å². The number of fused-ring (bicyclic) bond motifs is 1. The van der Waals surface area contributed by atoms with Crippen LogP contribution in [0.15, 0.2) is 24.3 Å². The maximum atomic E-state index is 13.2. The van der Waals surface area contributed by atoms with Gasteiger partial charge in [-0.25, -0.2) is 4.68 Å². The van der Waals surface area contributed by atoms with Gasteiger partial charge in [-0.05, 0) is 44.7 Å². The first kappa shape index (κ1) is 19.9. The molecule has 4 rings (SSSR count). The van der Waals surface area contributed by atoms with Crippen LogP contribution in [-0.4, -0.2) is 64.4 Å². The molecule has 8 heteroatoms. The number of amides is 1. The highest BCUT2D eigenvalue weighted by Crippen LogP contribution is 2.29. The van der Waals surface area contributed by atoms with E-state index in [9.17, 15) is 18.0 Å². The number of aromatic nitrogens is 2. The maximum Gasteiger partial charge on any atom is 0.401 e. The van der Waals surface area contributed by atoms with Crippen LogP contribution < -0.4 is 0 Å². The van der Waals surface area contributed by atoms with E-state index in [0.717, 1.165) is 41.8 Å². The lowest BCUT2D eigenvalue weighted by atomic mass is 10.1. The summed E-state index contributed by atoms with van der Waals surface area (Å²) in [6, 6.07) is 8.03. The summed E-state index contributed by atoms with van der Waals surface area (Å²) >= 11 is 0. The largest absolute Gasteiger partial charge is 0.401 e. The molecule has 2 aromatic rings. The van der Waals surface area contributed by atoms with Crippen LogP contribution in [0.1, 0.15) is 40.2 Å². The molecular weight excluding hydrogens is 381 g/mol.